The van der Waals surface area contributed by atoms with E-state index in [4.69, 9.17) is 10.7 Å². The molecular weight excluding hydrogens is 244 g/mol. The van der Waals surface area contributed by atoms with E-state index in [1.165, 1.54) is 6.92 Å². The Labute approximate surface area is 91.0 Å². The van der Waals surface area contributed by atoms with Gasteiger partial charge in [-0.3, -0.25) is 5.10 Å². The van der Waals surface area contributed by atoms with Crippen molar-refractivity contribution in [1.29, 1.82) is 0 Å². The maximum Gasteiger partial charge on any atom is 0.343 e. The molecule has 0 saturated carbocycles. The zero-order valence-electron chi connectivity index (χ0n) is 8.07. The number of rotatable bonds is 3. The van der Waals surface area contributed by atoms with Gasteiger partial charge in [0.15, 0.2) is 0 Å². The number of aromatic nitrogens is 2. The average molecular weight is 253 g/mol. The van der Waals surface area contributed by atoms with Gasteiger partial charge in [0.1, 0.15) is 5.56 Å². The summed E-state index contributed by atoms with van der Waals surface area (Å²) in [6, 6.07) is 0. The molecule has 1 heterocycles. The number of carbonyl (C=O) groups excluding carboxylic acids is 1. The number of aryl methyl sites for hydroxylation is 1. The van der Waals surface area contributed by atoms with Crippen molar-refractivity contribution in [3.8, 4) is 0 Å². The highest BCUT2D eigenvalue weighted by Gasteiger charge is 2.27. The van der Waals surface area contributed by atoms with Crippen LogP contribution in [0, 0.1) is 6.92 Å². The van der Waals surface area contributed by atoms with E-state index in [-0.39, 0.29) is 12.2 Å². The fraction of sp³-hybridized carbons (Fsp3) is 0.429. The fourth-order valence-electron chi connectivity index (χ4n) is 1.03. The summed E-state index contributed by atoms with van der Waals surface area (Å²) in [5.74, 6) is -0.761. The Morgan fingerprint density at radius 1 is 1.60 bits per heavy atom. The first-order valence-electron chi connectivity index (χ1n) is 4.04. The first-order chi connectivity index (χ1) is 6.88. The quantitative estimate of drug-likeness (QED) is 0.636. The number of nitrogens with zero attached hydrogens (tertiary/aromatic N) is 1. The van der Waals surface area contributed by atoms with Crippen molar-refractivity contribution in [2.75, 3.05) is 6.61 Å². The van der Waals surface area contributed by atoms with Gasteiger partial charge in [0.05, 0.1) is 6.61 Å². The van der Waals surface area contributed by atoms with Crippen LogP contribution in [-0.2, 0) is 13.8 Å². The number of aromatic amines is 1. The Morgan fingerprint density at radius 2 is 2.20 bits per heavy atom. The fourth-order valence-corrected chi connectivity index (χ4v) is 2.00. The molecule has 1 rings (SSSR count). The Kier molecular flexibility index (Phi) is 3.35. The Bertz CT molecular complexity index is 479. The molecule has 0 bridgehead atoms. The molecule has 0 fully saturated rings. The average Bonchev–Trinajstić information content (AvgIpc) is 2.46. The maximum atomic E-state index is 11.4. The van der Waals surface area contributed by atoms with Crippen LogP contribution in [0.25, 0.3) is 0 Å². The van der Waals surface area contributed by atoms with Gasteiger partial charge in [-0.15, -0.1) is 0 Å². The second-order valence-corrected chi connectivity index (χ2v) is 5.17. The molecule has 84 valence electrons. The molecule has 0 spiro atoms. The van der Waals surface area contributed by atoms with Gasteiger partial charge in [-0.05, 0) is 13.8 Å². The number of hydrogen-bond donors (Lipinski definition) is 1. The van der Waals surface area contributed by atoms with Crippen molar-refractivity contribution in [1.82, 2.24) is 10.2 Å². The van der Waals surface area contributed by atoms with Crippen LogP contribution in [-0.4, -0.2) is 31.2 Å². The molecule has 0 aromatic carbocycles. The van der Waals surface area contributed by atoms with Gasteiger partial charge < -0.3 is 4.74 Å². The summed E-state index contributed by atoms with van der Waals surface area (Å²) in [7, 11) is 1.06. The van der Waals surface area contributed by atoms with Crippen LogP contribution >= 0.6 is 10.7 Å². The molecule has 0 unspecified atom stereocenters. The minimum absolute atomic E-state index is 0.144. The molecule has 1 aromatic heterocycles. The van der Waals surface area contributed by atoms with Crippen LogP contribution in [0.15, 0.2) is 5.03 Å². The van der Waals surface area contributed by atoms with Crippen molar-refractivity contribution in [3.63, 3.8) is 0 Å². The van der Waals surface area contributed by atoms with E-state index >= 15 is 0 Å². The van der Waals surface area contributed by atoms with Crippen LogP contribution < -0.4 is 0 Å². The zero-order chi connectivity index (χ0) is 11.6. The van der Waals surface area contributed by atoms with Crippen molar-refractivity contribution >= 4 is 25.7 Å². The van der Waals surface area contributed by atoms with Gasteiger partial charge in [0.2, 0.25) is 5.03 Å². The molecular formula is C7H9ClN2O4S. The highest BCUT2D eigenvalue weighted by molar-refractivity contribution is 8.13. The lowest BCUT2D eigenvalue weighted by atomic mass is 10.3. The number of ether oxygens (including phenoxy) is 1. The first kappa shape index (κ1) is 12.0. The molecule has 0 atom stereocenters. The zero-order valence-corrected chi connectivity index (χ0v) is 9.65. The molecule has 0 aliphatic heterocycles. The van der Waals surface area contributed by atoms with Crippen LogP contribution in [0.2, 0.25) is 0 Å². The maximum absolute atomic E-state index is 11.4. The highest BCUT2D eigenvalue weighted by atomic mass is 35.7. The van der Waals surface area contributed by atoms with E-state index in [1.807, 2.05) is 0 Å². The van der Waals surface area contributed by atoms with E-state index < -0.39 is 20.0 Å². The summed E-state index contributed by atoms with van der Waals surface area (Å²) in [6.07, 6.45) is 0. The largest absolute Gasteiger partial charge is 0.462 e. The topological polar surface area (TPSA) is 89.1 Å². The molecule has 0 aliphatic carbocycles. The summed E-state index contributed by atoms with van der Waals surface area (Å²) in [4.78, 5) is 11.4. The molecule has 0 amide bonds. The number of esters is 1. The summed E-state index contributed by atoms with van der Waals surface area (Å²) in [5.41, 5.74) is 0.152. The lowest BCUT2D eigenvalue weighted by Gasteiger charge is -2.00. The van der Waals surface area contributed by atoms with E-state index in [1.54, 1.807) is 6.92 Å². The molecule has 15 heavy (non-hydrogen) atoms. The Morgan fingerprint density at radius 3 is 2.67 bits per heavy atom. The molecule has 0 radical (unpaired) electrons. The smallest absolute Gasteiger partial charge is 0.343 e. The monoisotopic (exact) mass is 252 g/mol. The van der Waals surface area contributed by atoms with Crippen LogP contribution in [0.4, 0.5) is 0 Å². The standard InChI is InChI=1S/C7H9ClN2O4S/c1-3-14-7(11)5-4(2)9-10-6(5)15(8,12)13/h3H2,1-2H3,(H,9,10). The van der Waals surface area contributed by atoms with Crippen LogP contribution in [0.3, 0.4) is 0 Å². The third kappa shape index (κ3) is 2.48. The van der Waals surface area contributed by atoms with Gasteiger partial charge in [0.25, 0.3) is 9.05 Å². The lowest BCUT2D eigenvalue weighted by Crippen LogP contribution is -2.09. The molecule has 1 aromatic rings. The number of nitrogens with one attached hydrogen (secondary N) is 1. The van der Waals surface area contributed by atoms with Crippen molar-refractivity contribution < 1.29 is 17.9 Å². The second kappa shape index (κ2) is 4.19. The summed E-state index contributed by atoms with van der Waals surface area (Å²) < 4.78 is 26.8. The van der Waals surface area contributed by atoms with Crippen molar-refractivity contribution in [3.05, 3.63) is 11.3 Å². The minimum Gasteiger partial charge on any atom is -0.462 e. The van der Waals surface area contributed by atoms with Crippen molar-refractivity contribution in [2.45, 2.75) is 18.9 Å². The summed E-state index contributed by atoms with van der Waals surface area (Å²) in [5, 5.41) is 5.31. The predicted molar refractivity (Wildman–Crippen MR) is 52.3 cm³/mol. The lowest BCUT2D eigenvalue weighted by molar-refractivity contribution is 0.0521. The van der Waals surface area contributed by atoms with Crippen LogP contribution in [0.1, 0.15) is 23.0 Å². The van der Waals surface area contributed by atoms with Gasteiger partial charge in [-0.1, -0.05) is 0 Å². The Hall–Kier alpha value is -1.08. The third-order valence-corrected chi connectivity index (χ3v) is 2.82. The summed E-state index contributed by atoms with van der Waals surface area (Å²) in [6.45, 7) is 3.26. The normalized spacial score (nSPS) is 11.4. The molecule has 6 nitrogen and oxygen atoms in total. The number of H-pyrrole nitrogens is 1. The van der Waals surface area contributed by atoms with E-state index in [0.29, 0.717) is 5.69 Å². The van der Waals surface area contributed by atoms with E-state index in [2.05, 4.69) is 14.9 Å². The van der Waals surface area contributed by atoms with Gasteiger partial charge in [0, 0.05) is 16.4 Å². The number of carbonyl (C=O) groups is 1. The second-order valence-electron chi connectivity index (χ2n) is 2.69. The van der Waals surface area contributed by atoms with Gasteiger partial charge in [-0.2, -0.15) is 5.10 Å². The first-order valence-corrected chi connectivity index (χ1v) is 6.35. The van der Waals surface area contributed by atoms with Crippen LogP contribution in [0.5, 0.6) is 0 Å². The molecule has 1 N–H and O–H groups in total. The third-order valence-electron chi connectivity index (χ3n) is 1.62. The van der Waals surface area contributed by atoms with E-state index in [0.717, 1.165) is 0 Å². The van der Waals surface area contributed by atoms with Crippen molar-refractivity contribution in [2.24, 2.45) is 0 Å². The van der Waals surface area contributed by atoms with E-state index in [9.17, 15) is 13.2 Å². The number of halogens is 1. The minimum atomic E-state index is -4.05. The summed E-state index contributed by atoms with van der Waals surface area (Å²) >= 11 is 0. The van der Waals surface area contributed by atoms with Gasteiger partial charge >= 0.3 is 5.97 Å². The molecule has 0 aliphatic rings. The van der Waals surface area contributed by atoms with Gasteiger partial charge in [-0.25, -0.2) is 13.2 Å². The predicted octanol–water partition coefficient (Wildman–Crippen LogP) is 0.822. The molecule has 0 saturated heterocycles. The Balaban J connectivity index is 3.28. The highest BCUT2D eigenvalue weighted by Crippen LogP contribution is 2.20. The number of hydrogen-bond acceptors (Lipinski definition) is 5. The SMILES string of the molecule is CCOC(=O)c1c(S(=O)(=O)Cl)n[nH]c1C. The molecule has 8 heteroatoms.